The minimum Gasteiger partial charge on any atom is -0.481 e. The van der Waals surface area contributed by atoms with Gasteiger partial charge in [-0.05, 0) is 49.4 Å². The number of nitrogens with one attached hydrogen (secondary N) is 1. The van der Waals surface area contributed by atoms with Crippen LogP contribution in [0.1, 0.15) is 29.6 Å². The number of carboxylic acid groups (broad SMARTS) is 1. The number of piperidine rings is 1. The quantitative estimate of drug-likeness (QED) is 0.898. The fourth-order valence-corrected chi connectivity index (χ4v) is 4.14. The van der Waals surface area contributed by atoms with Gasteiger partial charge in [-0.2, -0.15) is 0 Å². The number of carboxylic acids is 1. The number of amides is 1. The fraction of sp³-hybridized carbons (Fsp3) is 0.474. The first-order valence-corrected chi connectivity index (χ1v) is 8.84. The zero-order valence-corrected chi connectivity index (χ0v) is 14.0. The van der Waals surface area contributed by atoms with Gasteiger partial charge in [0.05, 0.1) is 12.0 Å². The summed E-state index contributed by atoms with van der Waals surface area (Å²) in [6.45, 7) is 1.83. The van der Waals surface area contributed by atoms with Crippen molar-refractivity contribution >= 4 is 22.8 Å². The predicted molar refractivity (Wildman–Crippen MR) is 92.4 cm³/mol. The van der Waals surface area contributed by atoms with Crippen molar-refractivity contribution in [2.24, 2.45) is 11.8 Å². The number of H-pyrrole nitrogens is 1. The van der Waals surface area contributed by atoms with Gasteiger partial charge in [0.15, 0.2) is 0 Å². The van der Waals surface area contributed by atoms with Crippen LogP contribution in [0.3, 0.4) is 0 Å². The van der Waals surface area contributed by atoms with Gasteiger partial charge in [0.25, 0.3) is 5.91 Å². The summed E-state index contributed by atoms with van der Waals surface area (Å²) < 4.78 is 5.70. The Kier molecular flexibility index (Phi) is 4.21. The van der Waals surface area contributed by atoms with E-state index in [1.165, 1.54) is 0 Å². The van der Waals surface area contributed by atoms with E-state index in [1.54, 1.807) is 0 Å². The normalized spacial score (nSPS) is 24.7. The Labute approximate surface area is 145 Å². The van der Waals surface area contributed by atoms with Crippen molar-refractivity contribution in [3.63, 3.8) is 0 Å². The average Bonchev–Trinajstić information content (AvgIpc) is 3.29. The van der Waals surface area contributed by atoms with E-state index in [0.717, 1.165) is 23.7 Å². The number of hydrogen-bond donors (Lipinski definition) is 2. The molecule has 6 heteroatoms. The monoisotopic (exact) mass is 342 g/mol. The molecule has 3 heterocycles. The highest BCUT2D eigenvalue weighted by atomic mass is 16.5. The first-order chi connectivity index (χ1) is 12.1. The molecule has 2 saturated heterocycles. The molecule has 6 nitrogen and oxygen atoms in total. The highest BCUT2D eigenvalue weighted by molar-refractivity contribution is 5.98. The molecule has 0 bridgehead atoms. The summed E-state index contributed by atoms with van der Waals surface area (Å²) in [5.41, 5.74) is 1.72. The molecule has 2 aromatic rings. The fourth-order valence-electron chi connectivity index (χ4n) is 4.14. The zero-order valence-electron chi connectivity index (χ0n) is 14.0. The summed E-state index contributed by atoms with van der Waals surface area (Å²) in [6.07, 6.45) is 3.85. The third-order valence-corrected chi connectivity index (χ3v) is 5.54. The standard InChI is InChI=1S/C19H22N2O4/c22-18(14-1-2-16-13(11-14)3-7-20-16)21-8-4-12(5-9-21)17-15(19(23)24)6-10-25-17/h1-3,7,11-12,15,17,20H,4-6,8-10H2,(H,23,24)/t15-,17+/m1/s1. The lowest BCUT2D eigenvalue weighted by Gasteiger charge is -2.35. The molecule has 1 aromatic carbocycles. The predicted octanol–water partition coefficient (Wildman–Crippen LogP) is 2.51. The minimum atomic E-state index is -0.763. The van der Waals surface area contributed by atoms with Crippen molar-refractivity contribution < 1.29 is 19.4 Å². The largest absolute Gasteiger partial charge is 0.481 e. The molecule has 2 aliphatic heterocycles. The lowest BCUT2D eigenvalue weighted by molar-refractivity contribution is -0.145. The van der Waals surface area contributed by atoms with Crippen molar-refractivity contribution in [3.05, 3.63) is 36.0 Å². The van der Waals surface area contributed by atoms with Gasteiger partial charge in [0, 0.05) is 42.4 Å². The molecule has 1 amide bonds. The third kappa shape index (κ3) is 3.02. The number of aromatic nitrogens is 1. The Balaban J connectivity index is 1.41. The highest BCUT2D eigenvalue weighted by Crippen LogP contribution is 2.33. The first kappa shape index (κ1) is 16.1. The number of nitrogens with zero attached hydrogens (tertiary/aromatic N) is 1. The minimum absolute atomic E-state index is 0.0451. The van der Waals surface area contributed by atoms with E-state index in [1.807, 2.05) is 35.4 Å². The Morgan fingerprint density at radius 2 is 1.96 bits per heavy atom. The maximum atomic E-state index is 12.8. The lowest BCUT2D eigenvalue weighted by atomic mass is 9.84. The van der Waals surface area contributed by atoms with Crippen LogP contribution in [0.15, 0.2) is 30.5 Å². The van der Waals surface area contributed by atoms with E-state index in [4.69, 9.17) is 4.74 Å². The smallest absolute Gasteiger partial charge is 0.309 e. The Morgan fingerprint density at radius 1 is 1.16 bits per heavy atom. The molecule has 0 saturated carbocycles. The van der Waals surface area contributed by atoms with E-state index < -0.39 is 11.9 Å². The van der Waals surface area contributed by atoms with E-state index in [2.05, 4.69) is 4.98 Å². The van der Waals surface area contributed by atoms with Crippen LogP contribution in [-0.4, -0.2) is 52.7 Å². The molecule has 25 heavy (non-hydrogen) atoms. The van der Waals surface area contributed by atoms with Crippen LogP contribution in [0.25, 0.3) is 10.9 Å². The summed E-state index contributed by atoms with van der Waals surface area (Å²) in [5.74, 6) is -0.896. The number of carbonyl (C=O) groups excluding carboxylic acids is 1. The van der Waals surface area contributed by atoms with Crippen molar-refractivity contribution in [1.82, 2.24) is 9.88 Å². The van der Waals surface area contributed by atoms with Crippen LogP contribution in [0.2, 0.25) is 0 Å². The number of likely N-dealkylation sites (tertiary alicyclic amines) is 1. The number of aliphatic carboxylic acids is 1. The second-order valence-corrected chi connectivity index (χ2v) is 6.98. The number of rotatable bonds is 3. The van der Waals surface area contributed by atoms with Crippen LogP contribution in [0.5, 0.6) is 0 Å². The maximum absolute atomic E-state index is 12.8. The number of hydrogen-bond acceptors (Lipinski definition) is 3. The third-order valence-electron chi connectivity index (χ3n) is 5.54. The first-order valence-electron chi connectivity index (χ1n) is 8.84. The molecule has 0 radical (unpaired) electrons. The van der Waals surface area contributed by atoms with Gasteiger partial charge in [-0.3, -0.25) is 9.59 Å². The molecular formula is C19H22N2O4. The molecule has 0 aliphatic carbocycles. The number of aromatic amines is 1. The van der Waals surface area contributed by atoms with Crippen LogP contribution in [0.4, 0.5) is 0 Å². The Morgan fingerprint density at radius 3 is 2.72 bits per heavy atom. The van der Waals surface area contributed by atoms with Gasteiger partial charge in [-0.15, -0.1) is 0 Å². The number of fused-ring (bicyclic) bond motifs is 1. The SMILES string of the molecule is O=C(O)[C@@H]1CCO[C@H]1C1CCN(C(=O)c2ccc3[nH]ccc3c2)CC1. The van der Waals surface area contributed by atoms with Crippen LogP contribution in [0, 0.1) is 11.8 Å². The van der Waals surface area contributed by atoms with E-state index in [-0.39, 0.29) is 17.9 Å². The van der Waals surface area contributed by atoms with Crippen molar-refractivity contribution in [2.75, 3.05) is 19.7 Å². The van der Waals surface area contributed by atoms with E-state index >= 15 is 0 Å². The van der Waals surface area contributed by atoms with Crippen LogP contribution in [-0.2, 0) is 9.53 Å². The van der Waals surface area contributed by atoms with Gasteiger partial charge in [0.2, 0.25) is 0 Å². The lowest BCUT2D eigenvalue weighted by Crippen LogP contribution is -2.43. The summed E-state index contributed by atoms with van der Waals surface area (Å²) in [7, 11) is 0. The molecule has 132 valence electrons. The van der Waals surface area contributed by atoms with Crippen LogP contribution >= 0.6 is 0 Å². The average molecular weight is 342 g/mol. The van der Waals surface area contributed by atoms with Crippen LogP contribution < -0.4 is 0 Å². The summed E-state index contributed by atoms with van der Waals surface area (Å²) in [6, 6.07) is 7.66. The molecule has 1 aromatic heterocycles. The Bertz CT molecular complexity index is 792. The number of ether oxygens (including phenoxy) is 1. The van der Waals surface area contributed by atoms with E-state index in [9.17, 15) is 14.7 Å². The van der Waals surface area contributed by atoms with E-state index in [0.29, 0.717) is 31.7 Å². The summed E-state index contributed by atoms with van der Waals surface area (Å²) in [4.78, 5) is 29.1. The molecule has 2 N–H and O–H groups in total. The molecular weight excluding hydrogens is 320 g/mol. The molecule has 0 unspecified atom stereocenters. The maximum Gasteiger partial charge on any atom is 0.309 e. The van der Waals surface area contributed by atoms with Gasteiger partial charge in [0.1, 0.15) is 0 Å². The second kappa shape index (κ2) is 6.52. The van der Waals surface area contributed by atoms with Gasteiger partial charge in [-0.1, -0.05) is 0 Å². The topological polar surface area (TPSA) is 82.6 Å². The second-order valence-electron chi connectivity index (χ2n) is 6.98. The number of carbonyl (C=O) groups is 2. The van der Waals surface area contributed by atoms with Gasteiger partial charge in [-0.25, -0.2) is 0 Å². The molecule has 2 atom stereocenters. The van der Waals surface area contributed by atoms with Crippen molar-refractivity contribution in [2.45, 2.75) is 25.4 Å². The molecule has 0 spiro atoms. The Hall–Kier alpha value is -2.34. The van der Waals surface area contributed by atoms with Gasteiger partial charge < -0.3 is 19.7 Å². The number of benzene rings is 1. The van der Waals surface area contributed by atoms with Crippen molar-refractivity contribution in [3.8, 4) is 0 Å². The zero-order chi connectivity index (χ0) is 17.4. The molecule has 2 aliphatic rings. The highest BCUT2D eigenvalue weighted by Gasteiger charge is 2.40. The van der Waals surface area contributed by atoms with Gasteiger partial charge >= 0.3 is 5.97 Å². The molecule has 2 fully saturated rings. The van der Waals surface area contributed by atoms with Crippen molar-refractivity contribution in [1.29, 1.82) is 0 Å². The summed E-state index contributed by atoms with van der Waals surface area (Å²) >= 11 is 0. The summed E-state index contributed by atoms with van der Waals surface area (Å²) in [5, 5.41) is 10.4. The molecule has 4 rings (SSSR count).